The number of ether oxygens (including phenoxy) is 1. The van der Waals surface area contributed by atoms with Gasteiger partial charge in [-0.15, -0.1) is 11.3 Å². The van der Waals surface area contributed by atoms with Crippen LogP contribution in [0, 0.1) is 11.8 Å². The minimum absolute atomic E-state index is 0.102. The number of unbranched alkanes of at least 4 members (excludes halogenated alkanes) is 1. The smallest absolute Gasteiger partial charge is 0.305 e. The van der Waals surface area contributed by atoms with Crippen molar-refractivity contribution < 1.29 is 24.5 Å². The van der Waals surface area contributed by atoms with Gasteiger partial charge in [0, 0.05) is 27.3 Å². The lowest BCUT2D eigenvalue weighted by Gasteiger charge is -2.13. The van der Waals surface area contributed by atoms with Crippen molar-refractivity contribution in [3.63, 3.8) is 0 Å². The number of rotatable bonds is 11. The summed E-state index contributed by atoms with van der Waals surface area (Å²) in [6.45, 7) is 0. The third kappa shape index (κ3) is 7.00. The van der Waals surface area contributed by atoms with E-state index >= 15 is 0 Å². The summed E-state index contributed by atoms with van der Waals surface area (Å²) in [5.74, 6) is -0.765. The summed E-state index contributed by atoms with van der Waals surface area (Å²) in [5.41, 5.74) is 0. The van der Waals surface area contributed by atoms with Gasteiger partial charge in [-0.25, -0.2) is 0 Å². The molecule has 5 nitrogen and oxygen atoms in total. The normalized spacial score (nSPS) is 22.1. The van der Waals surface area contributed by atoms with E-state index in [4.69, 9.17) is 11.6 Å². The topological polar surface area (TPSA) is 83.8 Å². The molecule has 33 heavy (non-hydrogen) atoms. The zero-order valence-electron chi connectivity index (χ0n) is 18.8. The number of allylic oxidation sites excluding steroid dienone is 3. The molecule has 0 aliphatic heterocycles. The maximum Gasteiger partial charge on any atom is 0.305 e. The van der Waals surface area contributed by atoms with Crippen molar-refractivity contribution >= 4 is 44.8 Å². The second-order valence-corrected chi connectivity index (χ2v) is 9.94. The Morgan fingerprint density at radius 3 is 2.88 bits per heavy atom. The number of methoxy groups -OCH3 is 1. The number of carbonyl (C=O) groups excluding carboxylic acids is 2. The zero-order valence-corrected chi connectivity index (χ0v) is 20.4. The molecule has 3 rings (SSSR count). The Hall–Kier alpha value is -1.99. The number of halogens is 1. The number of carbonyl (C=O) groups is 2. The number of ketones is 1. The third-order valence-electron chi connectivity index (χ3n) is 6.09. The molecule has 0 radical (unpaired) electrons. The highest BCUT2D eigenvalue weighted by molar-refractivity contribution is 7.19. The largest absolute Gasteiger partial charge is 0.469 e. The van der Waals surface area contributed by atoms with Crippen LogP contribution < -0.4 is 0 Å². The van der Waals surface area contributed by atoms with Gasteiger partial charge in [0.1, 0.15) is 6.10 Å². The first-order chi connectivity index (χ1) is 15.9. The lowest BCUT2D eigenvalue weighted by Crippen LogP contribution is -2.19. The lowest BCUT2D eigenvalue weighted by molar-refractivity contribution is -0.140. The number of aliphatic hydroxyl groups is 2. The van der Waals surface area contributed by atoms with E-state index < -0.39 is 12.2 Å². The van der Waals surface area contributed by atoms with E-state index in [1.807, 2.05) is 42.5 Å². The fraction of sp³-hybridized carbons (Fsp3) is 0.462. The number of hydrogen-bond acceptors (Lipinski definition) is 6. The van der Waals surface area contributed by atoms with Crippen LogP contribution in [0.2, 0.25) is 5.02 Å². The van der Waals surface area contributed by atoms with Crippen molar-refractivity contribution in [1.29, 1.82) is 0 Å². The van der Waals surface area contributed by atoms with Gasteiger partial charge in [-0.05, 0) is 50.5 Å². The molecule has 1 heterocycles. The summed E-state index contributed by atoms with van der Waals surface area (Å²) in [5, 5.41) is 22.3. The van der Waals surface area contributed by atoms with E-state index in [0.717, 1.165) is 26.4 Å². The predicted octanol–water partition coefficient (Wildman–Crippen LogP) is 5.26. The van der Waals surface area contributed by atoms with Crippen LogP contribution in [-0.2, 0) is 20.7 Å². The van der Waals surface area contributed by atoms with Crippen molar-refractivity contribution in [2.75, 3.05) is 7.11 Å². The maximum absolute atomic E-state index is 12.4. The standard InChI is InChI=1S/C26H31ClO5S/c1-32-24(30)11-5-3-2-4-8-19-17(16-21(29)26(19)31)12-13-18(28)14-15-23-25(27)20-9-6-7-10-22(20)33-23/h2,4,6-7,9-10,12-13,17-19,21,28-29H,3,5,8,11,14-16H2,1H3/b4-2-,13-12+/t17?,18?,19-,21?/m1/s1. The van der Waals surface area contributed by atoms with Crippen LogP contribution in [0.4, 0.5) is 0 Å². The van der Waals surface area contributed by atoms with Gasteiger partial charge in [-0.1, -0.05) is 54.1 Å². The zero-order chi connectivity index (χ0) is 23.8. The average Bonchev–Trinajstić information content (AvgIpc) is 3.28. The Morgan fingerprint density at radius 2 is 2.12 bits per heavy atom. The quantitative estimate of drug-likeness (QED) is 0.255. The van der Waals surface area contributed by atoms with Gasteiger partial charge in [-0.2, -0.15) is 0 Å². The number of aliphatic hydroxyl groups excluding tert-OH is 2. The van der Waals surface area contributed by atoms with Crippen LogP contribution in [0.3, 0.4) is 0 Å². The molecule has 3 unspecified atom stereocenters. The van der Waals surface area contributed by atoms with Gasteiger partial charge in [0.25, 0.3) is 0 Å². The maximum atomic E-state index is 12.4. The number of thiophene rings is 1. The van der Waals surface area contributed by atoms with Gasteiger partial charge in [0.2, 0.25) is 0 Å². The highest BCUT2D eigenvalue weighted by atomic mass is 35.5. The molecule has 4 atom stereocenters. The number of Topliss-reactive ketones (excluding diaryl/α,β-unsaturated/α-hetero) is 1. The first-order valence-electron chi connectivity index (χ1n) is 11.4. The SMILES string of the molecule is COC(=O)CCC/C=C\C[C@H]1C(=O)C(O)CC1/C=C/C(O)CCc1sc2ccccc2c1Cl. The van der Waals surface area contributed by atoms with E-state index in [0.29, 0.717) is 38.5 Å². The van der Waals surface area contributed by atoms with Crippen molar-refractivity contribution in [1.82, 2.24) is 0 Å². The van der Waals surface area contributed by atoms with Crippen molar-refractivity contribution in [2.24, 2.45) is 11.8 Å². The molecule has 178 valence electrons. The first-order valence-corrected chi connectivity index (χ1v) is 12.6. The molecule has 7 heteroatoms. The molecule has 1 aliphatic rings. The van der Waals surface area contributed by atoms with Crippen LogP contribution >= 0.6 is 22.9 Å². The molecule has 1 fully saturated rings. The summed E-state index contributed by atoms with van der Waals surface area (Å²) >= 11 is 8.14. The predicted molar refractivity (Wildman–Crippen MR) is 133 cm³/mol. The molecule has 0 saturated heterocycles. The third-order valence-corrected chi connectivity index (χ3v) is 7.87. The summed E-state index contributed by atoms with van der Waals surface area (Å²) in [6, 6.07) is 8.00. The van der Waals surface area contributed by atoms with E-state index in [-0.39, 0.29) is 23.6 Å². The van der Waals surface area contributed by atoms with Crippen LogP contribution in [0.1, 0.15) is 43.4 Å². The molecular formula is C26H31ClO5S. The van der Waals surface area contributed by atoms with Gasteiger partial charge in [0.15, 0.2) is 5.78 Å². The fourth-order valence-corrected chi connectivity index (χ4v) is 5.74. The van der Waals surface area contributed by atoms with Gasteiger partial charge in [-0.3, -0.25) is 9.59 Å². The second kappa shape index (κ2) is 12.5. The molecule has 1 saturated carbocycles. The fourth-order valence-electron chi connectivity index (χ4n) is 4.20. The van der Waals surface area contributed by atoms with E-state index in [1.165, 1.54) is 7.11 Å². The average molecular weight is 491 g/mol. The van der Waals surface area contributed by atoms with E-state index in [9.17, 15) is 19.8 Å². The Balaban J connectivity index is 1.50. The molecular weight excluding hydrogens is 460 g/mol. The highest BCUT2D eigenvalue weighted by Crippen LogP contribution is 2.36. The molecule has 0 amide bonds. The van der Waals surface area contributed by atoms with E-state index in [2.05, 4.69) is 4.74 Å². The second-order valence-electron chi connectivity index (χ2n) is 8.43. The van der Waals surface area contributed by atoms with Crippen LogP contribution in [0.15, 0.2) is 48.6 Å². The van der Waals surface area contributed by atoms with Crippen molar-refractivity contribution in [3.8, 4) is 0 Å². The van der Waals surface area contributed by atoms with E-state index in [1.54, 1.807) is 17.4 Å². The summed E-state index contributed by atoms with van der Waals surface area (Å²) in [7, 11) is 1.37. The number of fused-ring (bicyclic) bond motifs is 1. The summed E-state index contributed by atoms with van der Waals surface area (Å²) in [6.07, 6.45) is 9.86. The lowest BCUT2D eigenvalue weighted by atomic mass is 9.91. The Kier molecular flexibility index (Phi) is 9.68. The van der Waals surface area contributed by atoms with Crippen molar-refractivity contribution in [2.45, 2.75) is 57.2 Å². The Bertz CT molecular complexity index is 1010. The minimum atomic E-state index is -0.952. The molecule has 2 N–H and O–H groups in total. The van der Waals surface area contributed by atoms with Crippen molar-refractivity contribution in [3.05, 3.63) is 58.5 Å². The Labute approximate surface area is 203 Å². The molecule has 1 aliphatic carbocycles. The number of aryl methyl sites for hydroxylation is 1. The summed E-state index contributed by atoms with van der Waals surface area (Å²) in [4.78, 5) is 24.6. The van der Waals surface area contributed by atoms with Crippen LogP contribution in [-0.4, -0.2) is 41.3 Å². The number of hydrogen-bond donors (Lipinski definition) is 2. The van der Waals surface area contributed by atoms with Crippen LogP contribution in [0.5, 0.6) is 0 Å². The van der Waals surface area contributed by atoms with Gasteiger partial charge < -0.3 is 14.9 Å². The summed E-state index contributed by atoms with van der Waals surface area (Å²) < 4.78 is 5.76. The molecule has 0 bridgehead atoms. The van der Waals surface area contributed by atoms with Crippen LogP contribution in [0.25, 0.3) is 10.1 Å². The number of esters is 1. The minimum Gasteiger partial charge on any atom is -0.469 e. The first kappa shape index (κ1) is 25.6. The molecule has 1 aromatic heterocycles. The molecule has 0 spiro atoms. The van der Waals surface area contributed by atoms with Gasteiger partial charge in [0.05, 0.1) is 18.2 Å². The van der Waals surface area contributed by atoms with Gasteiger partial charge >= 0.3 is 5.97 Å². The number of benzene rings is 1. The highest BCUT2D eigenvalue weighted by Gasteiger charge is 2.39. The Morgan fingerprint density at radius 1 is 1.33 bits per heavy atom. The molecule has 1 aromatic carbocycles. The monoisotopic (exact) mass is 490 g/mol. The molecule has 2 aromatic rings.